The smallest absolute Gasteiger partial charge is 0.253 e. The number of thiophene rings is 1. The van der Waals surface area contributed by atoms with Crippen LogP contribution >= 0.6 is 23.1 Å². The predicted molar refractivity (Wildman–Crippen MR) is 185 cm³/mol. The highest BCUT2D eigenvalue weighted by Crippen LogP contribution is 2.40. The Hall–Kier alpha value is -5.20. The first-order chi connectivity index (χ1) is 23.7. The molecule has 0 saturated carbocycles. The van der Waals surface area contributed by atoms with Gasteiger partial charge in [-0.15, -0.1) is 23.1 Å². The Morgan fingerprint density at radius 1 is 1.04 bits per heavy atom. The standard InChI is InChI=1S/C19H17N3O4S2.C18H16O3/c23-14(9-13-5-4-8-27-13)20-15-17(24)22-16(19(25)26)12(11-28-18(15)22)10-21-6-2-1-3-7-21;1-12(2)21-14-8-9-15-17(10-14)20-11-16(18(15)19)13-6-4-3-5-7-13/h1-8,15,18H,9-11H2,(H-,20,23,25,26);3-12H,1-2H3/t15-,18-;/m1./s1. The van der Waals surface area contributed by atoms with Gasteiger partial charge in [-0.05, 0) is 43.0 Å². The number of β-lactam (4-membered cyclic amide) rings is 1. The zero-order chi connectivity index (χ0) is 34.5. The molecular formula is C37H33N3O7S2. The van der Waals surface area contributed by atoms with Gasteiger partial charge in [-0.1, -0.05) is 42.5 Å². The Kier molecular flexibility index (Phi) is 10.3. The largest absolute Gasteiger partial charge is 0.543 e. The molecule has 0 aliphatic carbocycles. The van der Waals surface area contributed by atoms with Crippen LogP contribution in [0.3, 0.4) is 0 Å². The van der Waals surface area contributed by atoms with Crippen molar-refractivity contribution in [3.05, 3.63) is 129 Å². The summed E-state index contributed by atoms with van der Waals surface area (Å²) in [5.41, 5.74) is 2.48. The van der Waals surface area contributed by atoms with Crippen molar-refractivity contribution in [2.45, 2.75) is 44.3 Å². The molecule has 2 aliphatic rings. The summed E-state index contributed by atoms with van der Waals surface area (Å²) in [5.74, 6) is -0.865. The van der Waals surface area contributed by atoms with Gasteiger partial charge in [-0.2, -0.15) is 0 Å². The van der Waals surface area contributed by atoms with Crippen LogP contribution in [0.15, 0.2) is 123 Å². The van der Waals surface area contributed by atoms with Crippen molar-refractivity contribution >= 4 is 51.9 Å². The summed E-state index contributed by atoms with van der Waals surface area (Å²) in [6.45, 7) is 4.28. The molecule has 250 valence electrons. The van der Waals surface area contributed by atoms with Crippen LogP contribution in [0.25, 0.3) is 22.1 Å². The van der Waals surface area contributed by atoms with Gasteiger partial charge in [-0.25, -0.2) is 4.57 Å². The number of carboxylic acids is 1. The SMILES string of the molecule is CC(C)Oc1ccc2c(=O)c(-c3ccccc3)coc2c1.O=C(Cc1cccs1)N[C@@H]1C(=O)N2C(C(=O)[O-])=C(C[n+]3ccccc3)CS[C@H]12. The number of carbonyl (C=O) groups excluding carboxylic acids is 3. The molecule has 2 aromatic carbocycles. The molecule has 2 aliphatic heterocycles. The zero-order valence-corrected chi connectivity index (χ0v) is 28.4. The molecule has 10 nitrogen and oxygen atoms in total. The molecule has 0 spiro atoms. The number of thioether (sulfide) groups is 1. The number of aromatic nitrogens is 1. The first-order valence-corrected chi connectivity index (χ1v) is 17.5. The fraction of sp³-hybridized carbons (Fsp3) is 0.216. The first-order valence-electron chi connectivity index (χ1n) is 15.6. The van der Waals surface area contributed by atoms with Gasteiger partial charge >= 0.3 is 0 Å². The molecule has 12 heteroatoms. The molecule has 1 fully saturated rings. The number of amides is 2. The maximum absolute atomic E-state index is 12.6. The van der Waals surface area contributed by atoms with Crippen LogP contribution in [-0.4, -0.2) is 46.0 Å². The first kappa shape index (κ1) is 33.7. The maximum Gasteiger partial charge on any atom is 0.253 e. The lowest BCUT2D eigenvalue weighted by molar-refractivity contribution is -0.689. The van der Waals surface area contributed by atoms with Crippen molar-refractivity contribution in [3.63, 3.8) is 0 Å². The van der Waals surface area contributed by atoms with Crippen LogP contribution in [-0.2, 0) is 27.3 Å². The van der Waals surface area contributed by atoms with Crippen molar-refractivity contribution in [2.24, 2.45) is 0 Å². The Bertz CT molecular complexity index is 2060. The molecule has 7 rings (SSSR count). The minimum atomic E-state index is -1.37. The quantitative estimate of drug-likeness (QED) is 0.181. The van der Waals surface area contributed by atoms with E-state index in [2.05, 4.69) is 5.32 Å². The number of pyridine rings is 1. The highest BCUT2D eigenvalue weighted by molar-refractivity contribution is 8.00. The summed E-state index contributed by atoms with van der Waals surface area (Å²) in [6.07, 6.45) is 5.47. The van der Waals surface area contributed by atoms with Crippen molar-refractivity contribution in [2.75, 3.05) is 5.75 Å². The van der Waals surface area contributed by atoms with Crippen LogP contribution in [0.5, 0.6) is 5.75 Å². The normalized spacial score (nSPS) is 16.8. The van der Waals surface area contributed by atoms with Crippen molar-refractivity contribution in [3.8, 4) is 16.9 Å². The molecule has 1 N–H and O–H groups in total. The average molecular weight is 696 g/mol. The molecule has 2 atom stereocenters. The Morgan fingerprint density at radius 2 is 1.80 bits per heavy atom. The van der Waals surface area contributed by atoms with Gasteiger partial charge < -0.3 is 24.4 Å². The summed E-state index contributed by atoms with van der Waals surface area (Å²) < 4.78 is 13.1. The van der Waals surface area contributed by atoms with Crippen molar-refractivity contribution in [1.29, 1.82) is 0 Å². The topological polar surface area (TPSA) is 133 Å². The number of benzene rings is 2. The third kappa shape index (κ3) is 7.60. The fourth-order valence-corrected chi connectivity index (χ4v) is 7.66. The molecule has 0 unspecified atom stereocenters. The third-order valence-corrected chi connectivity index (χ3v) is 10.0. The van der Waals surface area contributed by atoms with Crippen LogP contribution in [0, 0.1) is 0 Å². The van der Waals surface area contributed by atoms with E-state index in [1.54, 1.807) is 18.2 Å². The van der Waals surface area contributed by atoms with Crippen LogP contribution in [0.2, 0.25) is 0 Å². The predicted octanol–water partition coefficient (Wildman–Crippen LogP) is 3.93. The molecule has 1 saturated heterocycles. The van der Waals surface area contributed by atoms with Crippen molar-refractivity contribution in [1.82, 2.24) is 10.2 Å². The van der Waals surface area contributed by atoms with Gasteiger partial charge in [0.2, 0.25) is 5.91 Å². The molecule has 5 heterocycles. The monoisotopic (exact) mass is 695 g/mol. The second kappa shape index (κ2) is 14.9. The number of nitrogens with one attached hydrogen (secondary N) is 1. The second-order valence-electron chi connectivity index (χ2n) is 11.7. The Labute approximate surface area is 290 Å². The van der Waals surface area contributed by atoms with E-state index in [0.717, 1.165) is 10.4 Å². The molecule has 2 amide bonds. The van der Waals surface area contributed by atoms with Crippen LogP contribution in [0.4, 0.5) is 0 Å². The number of ether oxygens (including phenoxy) is 1. The molecule has 3 aromatic heterocycles. The molecule has 5 aromatic rings. The lowest BCUT2D eigenvalue weighted by Crippen LogP contribution is -2.71. The molecule has 0 radical (unpaired) electrons. The summed E-state index contributed by atoms with van der Waals surface area (Å²) in [4.78, 5) is 51.3. The Balaban J connectivity index is 0.000000177. The highest BCUT2D eigenvalue weighted by atomic mass is 32.2. The summed E-state index contributed by atoms with van der Waals surface area (Å²) in [6, 6.07) is 23.4. The number of carboxylic acid groups (broad SMARTS) is 1. The lowest BCUT2D eigenvalue weighted by Gasteiger charge is -2.50. The van der Waals surface area contributed by atoms with E-state index in [9.17, 15) is 24.3 Å². The summed E-state index contributed by atoms with van der Waals surface area (Å²) in [5, 5.41) is 16.5. The lowest BCUT2D eigenvalue weighted by atomic mass is 10.0. The average Bonchev–Trinajstić information content (AvgIpc) is 3.61. The molecule has 0 bridgehead atoms. The minimum Gasteiger partial charge on any atom is -0.543 e. The van der Waals surface area contributed by atoms with Crippen LogP contribution in [0.1, 0.15) is 18.7 Å². The van der Waals surface area contributed by atoms with Crippen LogP contribution < -0.4 is 25.2 Å². The van der Waals surface area contributed by atoms with Gasteiger partial charge in [0.25, 0.3) is 5.91 Å². The fourth-order valence-electron chi connectivity index (χ4n) is 5.62. The number of hydrogen-bond donors (Lipinski definition) is 1. The van der Waals surface area contributed by atoms with E-state index in [1.165, 1.54) is 34.3 Å². The number of rotatable bonds is 9. The summed E-state index contributed by atoms with van der Waals surface area (Å²) in [7, 11) is 0. The number of hydrogen-bond acceptors (Lipinski definition) is 9. The number of fused-ring (bicyclic) bond motifs is 2. The van der Waals surface area contributed by atoms with Gasteiger partial charge in [0.1, 0.15) is 29.0 Å². The molecule has 49 heavy (non-hydrogen) atoms. The van der Waals surface area contributed by atoms with Gasteiger partial charge in [-0.3, -0.25) is 19.3 Å². The van der Waals surface area contributed by atoms with Gasteiger partial charge in [0.05, 0.1) is 35.1 Å². The molecular weight excluding hydrogens is 663 g/mol. The van der Waals surface area contributed by atoms with E-state index < -0.39 is 23.3 Å². The van der Waals surface area contributed by atoms with E-state index in [0.29, 0.717) is 40.2 Å². The summed E-state index contributed by atoms with van der Waals surface area (Å²) >= 11 is 2.93. The number of nitrogens with zero attached hydrogens (tertiary/aromatic N) is 2. The van der Waals surface area contributed by atoms with E-state index in [4.69, 9.17) is 9.15 Å². The van der Waals surface area contributed by atoms with Gasteiger partial charge in [0.15, 0.2) is 24.4 Å². The zero-order valence-electron chi connectivity index (χ0n) is 26.7. The van der Waals surface area contributed by atoms with E-state index in [-0.39, 0.29) is 29.6 Å². The van der Waals surface area contributed by atoms with Gasteiger partial charge in [0, 0.05) is 34.4 Å². The van der Waals surface area contributed by atoms with Crippen molar-refractivity contribution < 1.29 is 33.2 Å². The Morgan fingerprint density at radius 3 is 2.49 bits per heavy atom. The minimum absolute atomic E-state index is 0.0291. The number of aliphatic carboxylic acids is 1. The highest BCUT2D eigenvalue weighted by Gasteiger charge is 2.53. The third-order valence-electron chi connectivity index (χ3n) is 7.83. The number of carbonyl (C=O) groups is 3. The second-order valence-corrected chi connectivity index (χ2v) is 13.8. The maximum atomic E-state index is 12.6. The van der Waals surface area contributed by atoms with E-state index in [1.807, 2.05) is 96.9 Å². The van der Waals surface area contributed by atoms with E-state index >= 15 is 0 Å².